The minimum atomic E-state index is 0.0257. The van der Waals surface area contributed by atoms with Crippen LogP contribution in [-0.4, -0.2) is 12.9 Å². The molecule has 0 unspecified atom stereocenters. The third-order valence-corrected chi connectivity index (χ3v) is 2.83. The van der Waals surface area contributed by atoms with Crippen molar-refractivity contribution in [2.45, 2.75) is 6.42 Å². The minimum absolute atomic E-state index is 0.0257. The third-order valence-electron chi connectivity index (χ3n) is 2.83. The van der Waals surface area contributed by atoms with Gasteiger partial charge >= 0.3 is 0 Å². The molecule has 0 aliphatic carbocycles. The van der Waals surface area contributed by atoms with Gasteiger partial charge in [-0.15, -0.1) is 0 Å². The van der Waals surface area contributed by atoms with Crippen LogP contribution in [0.4, 0.5) is 0 Å². The standard InChI is InChI=1S/C16H13NO2/c1-19-15-4-2-3-13(9-15)10-16(18)14-7-5-12(11-17)6-8-14/h2-9H,10H2,1H3. The summed E-state index contributed by atoms with van der Waals surface area (Å²) in [5.41, 5.74) is 2.08. The Balaban J connectivity index is 2.13. The van der Waals surface area contributed by atoms with E-state index in [1.165, 1.54) is 0 Å². The van der Waals surface area contributed by atoms with Crippen molar-refractivity contribution in [3.8, 4) is 11.8 Å². The van der Waals surface area contributed by atoms with Crippen molar-refractivity contribution in [3.63, 3.8) is 0 Å². The van der Waals surface area contributed by atoms with Gasteiger partial charge in [-0.25, -0.2) is 0 Å². The number of nitriles is 1. The lowest BCUT2D eigenvalue weighted by atomic mass is 10.0. The largest absolute Gasteiger partial charge is 0.497 e. The van der Waals surface area contributed by atoms with E-state index in [0.717, 1.165) is 11.3 Å². The summed E-state index contributed by atoms with van der Waals surface area (Å²) in [6.07, 6.45) is 0.323. The molecular weight excluding hydrogens is 238 g/mol. The fourth-order valence-electron chi connectivity index (χ4n) is 1.80. The van der Waals surface area contributed by atoms with Crippen molar-refractivity contribution >= 4 is 5.78 Å². The van der Waals surface area contributed by atoms with Gasteiger partial charge in [0.2, 0.25) is 0 Å². The molecule has 0 aliphatic rings. The molecule has 19 heavy (non-hydrogen) atoms. The lowest BCUT2D eigenvalue weighted by Crippen LogP contribution is -2.03. The highest BCUT2D eigenvalue weighted by atomic mass is 16.5. The van der Waals surface area contributed by atoms with Crippen molar-refractivity contribution < 1.29 is 9.53 Å². The van der Waals surface area contributed by atoms with E-state index in [1.54, 1.807) is 31.4 Å². The number of carbonyl (C=O) groups is 1. The van der Waals surface area contributed by atoms with E-state index in [-0.39, 0.29) is 5.78 Å². The molecule has 0 saturated carbocycles. The fraction of sp³-hybridized carbons (Fsp3) is 0.125. The van der Waals surface area contributed by atoms with E-state index in [9.17, 15) is 4.79 Å². The van der Waals surface area contributed by atoms with Gasteiger partial charge in [0.05, 0.1) is 18.7 Å². The van der Waals surface area contributed by atoms with Gasteiger partial charge in [0.1, 0.15) is 5.75 Å². The van der Waals surface area contributed by atoms with Crippen molar-refractivity contribution in [2.75, 3.05) is 7.11 Å². The second-order valence-electron chi connectivity index (χ2n) is 4.14. The molecule has 3 heteroatoms. The highest BCUT2D eigenvalue weighted by Gasteiger charge is 2.07. The van der Waals surface area contributed by atoms with Crippen LogP contribution in [0.2, 0.25) is 0 Å². The molecule has 0 heterocycles. The Kier molecular flexibility index (Phi) is 3.94. The normalized spacial score (nSPS) is 9.68. The lowest BCUT2D eigenvalue weighted by Gasteiger charge is -2.04. The number of Topliss-reactive ketones (excluding diaryl/α,β-unsaturated/α-hetero) is 1. The number of rotatable bonds is 4. The second-order valence-corrected chi connectivity index (χ2v) is 4.14. The van der Waals surface area contributed by atoms with Gasteiger partial charge in [0, 0.05) is 12.0 Å². The molecule has 0 aromatic heterocycles. The van der Waals surface area contributed by atoms with Crippen LogP contribution >= 0.6 is 0 Å². The quantitative estimate of drug-likeness (QED) is 0.785. The first-order valence-electron chi connectivity index (χ1n) is 5.89. The summed E-state index contributed by atoms with van der Waals surface area (Å²) in [5, 5.41) is 8.71. The Morgan fingerprint density at radius 2 is 1.95 bits per heavy atom. The zero-order valence-corrected chi connectivity index (χ0v) is 10.6. The van der Waals surface area contributed by atoms with Crippen molar-refractivity contribution in [1.29, 1.82) is 5.26 Å². The number of ether oxygens (including phenoxy) is 1. The molecule has 0 saturated heterocycles. The summed E-state index contributed by atoms with van der Waals surface area (Å²) in [7, 11) is 1.60. The van der Waals surface area contributed by atoms with E-state index < -0.39 is 0 Å². The molecule has 0 bridgehead atoms. The highest BCUT2D eigenvalue weighted by molar-refractivity contribution is 5.97. The van der Waals surface area contributed by atoms with Crippen LogP contribution in [0.15, 0.2) is 48.5 Å². The number of hydrogen-bond acceptors (Lipinski definition) is 3. The zero-order valence-electron chi connectivity index (χ0n) is 10.6. The fourth-order valence-corrected chi connectivity index (χ4v) is 1.80. The van der Waals surface area contributed by atoms with Gasteiger partial charge in [-0.1, -0.05) is 24.3 Å². The van der Waals surface area contributed by atoms with Crippen LogP contribution < -0.4 is 4.74 Å². The summed E-state index contributed by atoms with van der Waals surface area (Å²) in [5.74, 6) is 0.767. The zero-order chi connectivity index (χ0) is 13.7. The summed E-state index contributed by atoms with van der Waals surface area (Å²) < 4.78 is 5.13. The topological polar surface area (TPSA) is 50.1 Å². The molecule has 0 aliphatic heterocycles. The van der Waals surface area contributed by atoms with E-state index >= 15 is 0 Å². The Morgan fingerprint density at radius 1 is 1.21 bits per heavy atom. The number of hydrogen-bond donors (Lipinski definition) is 0. The first kappa shape index (κ1) is 12.8. The molecule has 3 nitrogen and oxygen atoms in total. The number of methoxy groups -OCH3 is 1. The van der Waals surface area contributed by atoms with Crippen LogP contribution in [0.3, 0.4) is 0 Å². The highest BCUT2D eigenvalue weighted by Crippen LogP contribution is 2.15. The molecule has 2 aromatic carbocycles. The smallest absolute Gasteiger partial charge is 0.167 e. The Hall–Kier alpha value is -2.60. The van der Waals surface area contributed by atoms with Gasteiger partial charge in [-0.05, 0) is 29.8 Å². The summed E-state index contributed by atoms with van der Waals surface area (Å²) in [6.45, 7) is 0. The molecule has 0 N–H and O–H groups in total. The maximum atomic E-state index is 12.1. The van der Waals surface area contributed by atoms with E-state index in [2.05, 4.69) is 0 Å². The summed E-state index contributed by atoms with van der Waals surface area (Å²) in [6, 6.07) is 16.1. The molecule has 0 spiro atoms. The molecule has 2 rings (SSSR count). The maximum absolute atomic E-state index is 12.1. The second kappa shape index (κ2) is 5.83. The minimum Gasteiger partial charge on any atom is -0.497 e. The van der Waals surface area contributed by atoms with E-state index in [4.69, 9.17) is 10.00 Å². The van der Waals surface area contributed by atoms with Crippen molar-refractivity contribution in [1.82, 2.24) is 0 Å². The van der Waals surface area contributed by atoms with Gasteiger partial charge < -0.3 is 4.74 Å². The Morgan fingerprint density at radius 3 is 2.58 bits per heavy atom. The number of benzene rings is 2. The molecular formula is C16H13NO2. The van der Waals surface area contributed by atoms with Crippen LogP contribution in [-0.2, 0) is 6.42 Å². The van der Waals surface area contributed by atoms with Gasteiger partial charge in [0.25, 0.3) is 0 Å². The van der Waals surface area contributed by atoms with Crippen LogP contribution in [0.25, 0.3) is 0 Å². The molecule has 94 valence electrons. The van der Waals surface area contributed by atoms with E-state index in [1.807, 2.05) is 30.3 Å². The summed E-state index contributed by atoms with van der Waals surface area (Å²) in [4.78, 5) is 12.1. The monoisotopic (exact) mass is 251 g/mol. The van der Waals surface area contributed by atoms with Crippen molar-refractivity contribution in [2.24, 2.45) is 0 Å². The molecule has 0 fully saturated rings. The number of ketones is 1. The van der Waals surface area contributed by atoms with Crippen molar-refractivity contribution in [3.05, 3.63) is 65.2 Å². The maximum Gasteiger partial charge on any atom is 0.167 e. The molecule has 0 radical (unpaired) electrons. The Labute approximate surface area is 112 Å². The molecule has 2 aromatic rings. The molecule has 0 amide bonds. The first-order valence-corrected chi connectivity index (χ1v) is 5.89. The SMILES string of the molecule is COc1cccc(CC(=O)c2ccc(C#N)cc2)c1. The van der Waals surface area contributed by atoms with Crippen LogP contribution in [0.1, 0.15) is 21.5 Å². The van der Waals surface area contributed by atoms with Gasteiger partial charge in [-0.2, -0.15) is 5.26 Å². The van der Waals surface area contributed by atoms with Gasteiger partial charge in [0.15, 0.2) is 5.78 Å². The average molecular weight is 251 g/mol. The summed E-state index contributed by atoms with van der Waals surface area (Å²) >= 11 is 0. The number of nitrogens with zero attached hydrogens (tertiary/aromatic N) is 1. The van der Waals surface area contributed by atoms with Crippen LogP contribution in [0, 0.1) is 11.3 Å². The Bertz CT molecular complexity index is 624. The van der Waals surface area contributed by atoms with Crippen LogP contribution in [0.5, 0.6) is 5.75 Å². The number of carbonyl (C=O) groups excluding carboxylic acids is 1. The first-order chi connectivity index (χ1) is 9.22. The predicted molar refractivity (Wildman–Crippen MR) is 72.2 cm³/mol. The third kappa shape index (κ3) is 3.20. The predicted octanol–water partition coefficient (Wildman–Crippen LogP) is 2.99. The van der Waals surface area contributed by atoms with Gasteiger partial charge in [-0.3, -0.25) is 4.79 Å². The lowest BCUT2D eigenvalue weighted by molar-refractivity contribution is 0.0993. The average Bonchev–Trinajstić information content (AvgIpc) is 2.47. The molecule has 0 atom stereocenters. The van der Waals surface area contributed by atoms with E-state index in [0.29, 0.717) is 17.5 Å².